The fraction of sp³-hybridized carbons (Fsp3) is 0. The van der Waals surface area contributed by atoms with Crippen molar-refractivity contribution in [2.45, 2.75) is 0 Å². The fourth-order valence-electron chi connectivity index (χ4n) is 3.18. The molecule has 5 heteroatoms. The van der Waals surface area contributed by atoms with Crippen LogP contribution in [0.3, 0.4) is 0 Å². The molecule has 0 atom stereocenters. The Balaban J connectivity index is 1.45. The lowest BCUT2D eigenvalue weighted by Gasteiger charge is -2.08. The number of ketones is 2. The van der Waals surface area contributed by atoms with E-state index in [9.17, 15) is 9.59 Å². The predicted octanol–water partition coefficient (Wildman–Crippen LogP) is 5.11. The monoisotopic (exact) mass is 408 g/mol. The van der Waals surface area contributed by atoms with Gasteiger partial charge in [0.15, 0.2) is 11.6 Å². The third-order valence-corrected chi connectivity index (χ3v) is 4.77. The lowest BCUT2D eigenvalue weighted by molar-refractivity contribution is 0.103. The van der Waals surface area contributed by atoms with Crippen molar-refractivity contribution in [1.82, 2.24) is 0 Å². The van der Waals surface area contributed by atoms with Crippen molar-refractivity contribution < 1.29 is 14.3 Å². The van der Waals surface area contributed by atoms with Gasteiger partial charge in [0.25, 0.3) is 0 Å². The molecule has 0 aliphatic heterocycles. The molecule has 4 aromatic rings. The van der Waals surface area contributed by atoms with Gasteiger partial charge in [0, 0.05) is 33.6 Å². The minimum Gasteiger partial charge on any atom is -0.457 e. The van der Waals surface area contributed by atoms with Crippen LogP contribution in [0, 0.1) is 0 Å². The average molecular weight is 408 g/mol. The molecule has 0 bridgehead atoms. The van der Waals surface area contributed by atoms with E-state index in [1.807, 2.05) is 0 Å². The Bertz CT molecular complexity index is 1150. The average Bonchev–Trinajstić information content (AvgIpc) is 2.79. The molecule has 0 amide bonds. The highest BCUT2D eigenvalue weighted by Crippen LogP contribution is 2.24. The summed E-state index contributed by atoms with van der Waals surface area (Å²) in [6.45, 7) is 0. The molecule has 4 N–H and O–H groups in total. The van der Waals surface area contributed by atoms with Gasteiger partial charge < -0.3 is 16.2 Å². The van der Waals surface area contributed by atoms with E-state index >= 15 is 0 Å². The maximum atomic E-state index is 12.6. The van der Waals surface area contributed by atoms with Gasteiger partial charge in [-0.3, -0.25) is 9.59 Å². The maximum absolute atomic E-state index is 12.6. The lowest BCUT2D eigenvalue weighted by atomic mass is 10.0. The van der Waals surface area contributed by atoms with Gasteiger partial charge in [-0.15, -0.1) is 0 Å². The van der Waals surface area contributed by atoms with Crippen molar-refractivity contribution >= 4 is 22.9 Å². The molecule has 0 radical (unpaired) electrons. The van der Waals surface area contributed by atoms with Gasteiger partial charge in [0.2, 0.25) is 0 Å². The lowest BCUT2D eigenvalue weighted by Crippen LogP contribution is -2.02. The molecule has 0 saturated carbocycles. The highest BCUT2D eigenvalue weighted by molar-refractivity contribution is 6.10. The fourth-order valence-corrected chi connectivity index (χ4v) is 3.18. The number of ether oxygens (including phenoxy) is 1. The maximum Gasteiger partial charge on any atom is 0.193 e. The van der Waals surface area contributed by atoms with E-state index in [1.165, 1.54) is 0 Å². The quantitative estimate of drug-likeness (QED) is 0.342. The zero-order chi connectivity index (χ0) is 21.8. The summed E-state index contributed by atoms with van der Waals surface area (Å²) in [5.74, 6) is 0.949. The first-order chi connectivity index (χ1) is 15.0. The van der Waals surface area contributed by atoms with Crippen molar-refractivity contribution in [2.75, 3.05) is 11.5 Å². The number of hydrogen-bond donors (Lipinski definition) is 2. The van der Waals surface area contributed by atoms with Gasteiger partial charge in [-0.05, 0) is 72.8 Å². The van der Waals surface area contributed by atoms with E-state index in [0.717, 1.165) is 0 Å². The molecule has 4 rings (SSSR count). The zero-order valence-electron chi connectivity index (χ0n) is 16.6. The molecule has 0 aliphatic rings. The van der Waals surface area contributed by atoms with E-state index in [-0.39, 0.29) is 11.6 Å². The van der Waals surface area contributed by atoms with Crippen LogP contribution in [-0.4, -0.2) is 11.6 Å². The SMILES string of the molecule is Nc1cccc(C(=O)c2ccc(Oc3ccc(C(=O)c4cccc(N)c4)cc3)cc2)c1. The third-order valence-electron chi connectivity index (χ3n) is 4.77. The normalized spacial score (nSPS) is 10.5. The van der Waals surface area contributed by atoms with Crippen LogP contribution in [0.25, 0.3) is 0 Å². The molecule has 0 saturated heterocycles. The van der Waals surface area contributed by atoms with Crippen LogP contribution in [0.15, 0.2) is 97.1 Å². The first-order valence-corrected chi connectivity index (χ1v) is 9.68. The highest BCUT2D eigenvalue weighted by Gasteiger charge is 2.11. The minimum atomic E-state index is -0.108. The van der Waals surface area contributed by atoms with Gasteiger partial charge in [-0.2, -0.15) is 0 Å². The Hall–Kier alpha value is -4.38. The topological polar surface area (TPSA) is 95.4 Å². The van der Waals surface area contributed by atoms with Gasteiger partial charge in [-0.25, -0.2) is 0 Å². The van der Waals surface area contributed by atoms with Crippen LogP contribution in [-0.2, 0) is 0 Å². The van der Waals surface area contributed by atoms with Gasteiger partial charge in [-0.1, -0.05) is 24.3 Å². The van der Waals surface area contributed by atoms with E-state index in [4.69, 9.17) is 16.2 Å². The van der Waals surface area contributed by atoms with Crippen LogP contribution >= 0.6 is 0 Å². The zero-order valence-corrected chi connectivity index (χ0v) is 16.6. The molecule has 4 aromatic carbocycles. The summed E-state index contributed by atoms with van der Waals surface area (Å²) in [6, 6.07) is 27.5. The van der Waals surface area contributed by atoms with E-state index in [0.29, 0.717) is 45.1 Å². The molecule has 0 unspecified atom stereocenters. The predicted molar refractivity (Wildman–Crippen MR) is 122 cm³/mol. The largest absolute Gasteiger partial charge is 0.457 e. The van der Waals surface area contributed by atoms with Crippen LogP contribution in [0.1, 0.15) is 31.8 Å². The second kappa shape index (κ2) is 8.55. The first kappa shape index (κ1) is 19.9. The van der Waals surface area contributed by atoms with Crippen molar-refractivity contribution in [3.05, 3.63) is 119 Å². The molecule has 31 heavy (non-hydrogen) atoms. The number of anilines is 2. The second-order valence-electron chi connectivity index (χ2n) is 7.06. The van der Waals surface area contributed by atoms with Gasteiger partial charge in [0.05, 0.1) is 0 Å². The Kier molecular flexibility index (Phi) is 5.49. The van der Waals surface area contributed by atoms with E-state index < -0.39 is 0 Å². The molecule has 0 fully saturated rings. The van der Waals surface area contributed by atoms with Crippen molar-refractivity contribution in [2.24, 2.45) is 0 Å². The van der Waals surface area contributed by atoms with Crippen molar-refractivity contribution in [3.63, 3.8) is 0 Å². The van der Waals surface area contributed by atoms with Crippen LogP contribution in [0.4, 0.5) is 11.4 Å². The standard InChI is InChI=1S/C26H20N2O3/c27-21-5-1-3-19(15-21)25(29)17-7-11-23(12-8-17)31-24-13-9-18(10-14-24)26(30)20-4-2-6-22(28)16-20/h1-16H,27-28H2. The summed E-state index contributed by atoms with van der Waals surface area (Å²) in [7, 11) is 0. The number of nitrogen functional groups attached to an aromatic ring is 2. The van der Waals surface area contributed by atoms with E-state index in [2.05, 4.69) is 0 Å². The number of carbonyl (C=O) groups excluding carboxylic acids is 2. The molecule has 0 spiro atoms. The summed E-state index contributed by atoms with van der Waals surface area (Å²) >= 11 is 0. The van der Waals surface area contributed by atoms with Crippen LogP contribution in [0.2, 0.25) is 0 Å². The Labute approximate surface area is 179 Å². The smallest absolute Gasteiger partial charge is 0.193 e. The molecule has 0 heterocycles. The summed E-state index contributed by atoms with van der Waals surface area (Å²) in [4.78, 5) is 25.1. The summed E-state index contributed by atoms with van der Waals surface area (Å²) in [5, 5.41) is 0. The molecule has 0 aromatic heterocycles. The minimum absolute atomic E-state index is 0.108. The Morgan fingerprint density at radius 2 is 0.903 bits per heavy atom. The molecular formula is C26H20N2O3. The number of benzene rings is 4. The van der Waals surface area contributed by atoms with Gasteiger partial charge >= 0.3 is 0 Å². The van der Waals surface area contributed by atoms with Crippen LogP contribution < -0.4 is 16.2 Å². The number of carbonyl (C=O) groups is 2. The van der Waals surface area contributed by atoms with Crippen LogP contribution in [0.5, 0.6) is 11.5 Å². The summed E-state index contributed by atoms with van der Waals surface area (Å²) in [6.07, 6.45) is 0. The highest BCUT2D eigenvalue weighted by atomic mass is 16.5. The Morgan fingerprint density at radius 1 is 0.516 bits per heavy atom. The molecule has 0 aliphatic carbocycles. The Morgan fingerprint density at radius 3 is 1.26 bits per heavy atom. The number of nitrogens with two attached hydrogens (primary N) is 2. The third kappa shape index (κ3) is 4.62. The second-order valence-corrected chi connectivity index (χ2v) is 7.06. The molecule has 152 valence electrons. The summed E-state index contributed by atoms with van der Waals surface area (Å²) < 4.78 is 5.83. The summed E-state index contributed by atoms with van der Waals surface area (Å²) in [5.41, 5.74) is 14.8. The van der Waals surface area contributed by atoms with E-state index in [1.54, 1.807) is 97.1 Å². The molecule has 5 nitrogen and oxygen atoms in total. The number of hydrogen-bond acceptors (Lipinski definition) is 5. The first-order valence-electron chi connectivity index (χ1n) is 9.68. The number of rotatable bonds is 6. The van der Waals surface area contributed by atoms with Crippen molar-refractivity contribution in [1.29, 1.82) is 0 Å². The van der Waals surface area contributed by atoms with Crippen molar-refractivity contribution in [3.8, 4) is 11.5 Å². The molecular weight excluding hydrogens is 388 g/mol. The van der Waals surface area contributed by atoms with Gasteiger partial charge in [0.1, 0.15) is 11.5 Å².